The van der Waals surface area contributed by atoms with Gasteiger partial charge in [0, 0.05) is 67.6 Å². The molecule has 0 aliphatic heterocycles. The molecule has 0 heterocycles. The van der Waals surface area contributed by atoms with E-state index >= 15 is 0 Å². The molecule has 4 nitrogen and oxygen atoms in total. The first-order valence-electron chi connectivity index (χ1n) is 24.4. The fourth-order valence-corrected chi connectivity index (χ4v) is 9.48. The van der Waals surface area contributed by atoms with E-state index in [9.17, 15) is 0 Å². The minimum absolute atomic E-state index is 1.04. The first kappa shape index (κ1) is 44.8. The fraction of sp³-hybridized carbons (Fsp3) is 0. The summed E-state index contributed by atoms with van der Waals surface area (Å²) in [7, 11) is 0. The number of anilines is 12. The van der Waals surface area contributed by atoms with Gasteiger partial charge in [-0.25, -0.2) is 0 Å². The first-order valence-corrected chi connectivity index (χ1v) is 24.4. The van der Waals surface area contributed by atoms with Gasteiger partial charge in [0.1, 0.15) is 0 Å². The SMILES string of the molecule is C=Cc1ccc(N(c2ccc(N(c3ccccc3)c3ccccc3)cc2)c2cccc3c(N(c4ccc(C=Cc5ccccc5)cc4)c4ccc(N(c5ccccc5)c5ccccc5)cc4)cccc23)cc1. The van der Waals surface area contributed by atoms with Crippen LogP contribution in [0, 0.1) is 0 Å². The summed E-state index contributed by atoms with van der Waals surface area (Å²) in [4.78, 5) is 9.35. The molecule has 0 fully saturated rings. The number of para-hydroxylation sites is 4. The van der Waals surface area contributed by atoms with Crippen molar-refractivity contribution in [2.24, 2.45) is 0 Å². The van der Waals surface area contributed by atoms with Crippen LogP contribution in [0.4, 0.5) is 68.2 Å². The number of hydrogen-bond donors (Lipinski definition) is 0. The minimum Gasteiger partial charge on any atom is -0.311 e. The Hall–Kier alpha value is -9.64. The third-order valence-electron chi connectivity index (χ3n) is 13.0. The van der Waals surface area contributed by atoms with Crippen molar-refractivity contribution in [2.45, 2.75) is 0 Å². The van der Waals surface area contributed by atoms with E-state index in [0.717, 1.165) is 95.7 Å². The Labute approximate surface area is 423 Å². The number of benzene rings is 11. The molecule has 0 atom stereocenters. The zero-order valence-electron chi connectivity index (χ0n) is 39.9. The summed E-state index contributed by atoms with van der Waals surface area (Å²) in [6.07, 6.45) is 6.23. The summed E-state index contributed by atoms with van der Waals surface area (Å²) in [5, 5.41) is 2.23. The lowest BCUT2D eigenvalue weighted by atomic mass is 10.0. The molecule has 0 radical (unpaired) electrons. The van der Waals surface area contributed by atoms with Gasteiger partial charge in [0.05, 0.1) is 11.4 Å². The standard InChI is InChI=1S/C68H52N4/c1-2-52-36-40-61(41-37-52)71(63-48-44-59(45-49-63)69(55-22-10-4-11-23-55)56-24-12-5-13-25-56)67-32-18-31-66-65(67)30-19-33-68(66)72(62-42-38-54(39-43-62)35-34-53-20-8-3-9-21-53)64-50-46-60(47-51-64)70(57-26-14-6-15-27-57)58-28-16-7-17-29-58/h2-51H,1H2. The average molecular weight is 925 g/mol. The lowest BCUT2D eigenvalue weighted by Crippen LogP contribution is -2.14. The van der Waals surface area contributed by atoms with Crippen LogP contribution in [0.2, 0.25) is 0 Å². The van der Waals surface area contributed by atoms with Crippen molar-refractivity contribution in [3.63, 3.8) is 0 Å². The molecule has 0 spiro atoms. The molecule has 0 amide bonds. The summed E-state index contributed by atoms with van der Waals surface area (Å²) in [6, 6.07) is 101. The van der Waals surface area contributed by atoms with Crippen molar-refractivity contribution >= 4 is 97.2 Å². The Kier molecular flexibility index (Phi) is 13.0. The van der Waals surface area contributed by atoms with Crippen LogP contribution in [0.5, 0.6) is 0 Å². The molecule has 11 rings (SSSR count). The summed E-state index contributed by atoms with van der Waals surface area (Å²) in [5.74, 6) is 0. The summed E-state index contributed by atoms with van der Waals surface area (Å²) >= 11 is 0. The van der Waals surface area contributed by atoms with Crippen LogP contribution in [0.3, 0.4) is 0 Å². The molecule has 11 aromatic carbocycles. The summed E-state index contributed by atoms with van der Waals surface area (Å²) in [5.41, 5.74) is 16.2. The monoisotopic (exact) mass is 924 g/mol. The maximum atomic E-state index is 4.05. The second-order valence-corrected chi connectivity index (χ2v) is 17.5. The molecule has 0 N–H and O–H groups in total. The first-order chi connectivity index (χ1) is 35.7. The number of fused-ring (bicyclic) bond motifs is 1. The highest BCUT2D eigenvalue weighted by Gasteiger charge is 2.22. The van der Waals surface area contributed by atoms with Crippen LogP contribution in [0.25, 0.3) is 29.0 Å². The van der Waals surface area contributed by atoms with E-state index in [1.165, 1.54) is 0 Å². The highest BCUT2D eigenvalue weighted by atomic mass is 15.2. The molecule has 0 saturated heterocycles. The van der Waals surface area contributed by atoms with E-state index in [0.29, 0.717) is 0 Å². The van der Waals surface area contributed by atoms with Crippen molar-refractivity contribution in [1.82, 2.24) is 0 Å². The van der Waals surface area contributed by atoms with Crippen molar-refractivity contribution in [3.05, 3.63) is 308 Å². The third-order valence-corrected chi connectivity index (χ3v) is 13.0. The van der Waals surface area contributed by atoms with Gasteiger partial charge in [-0.3, -0.25) is 0 Å². The van der Waals surface area contributed by atoms with Crippen molar-refractivity contribution in [2.75, 3.05) is 19.6 Å². The van der Waals surface area contributed by atoms with Crippen molar-refractivity contribution in [1.29, 1.82) is 0 Å². The zero-order chi connectivity index (χ0) is 48.5. The molecular weight excluding hydrogens is 873 g/mol. The van der Waals surface area contributed by atoms with Crippen molar-refractivity contribution < 1.29 is 0 Å². The van der Waals surface area contributed by atoms with Crippen molar-refractivity contribution in [3.8, 4) is 0 Å². The third kappa shape index (κ3) is 9.53. The van der Waals surface area contributed by atoms with E-state index in [-0.39, 0.29) is 0 Å². The van der Waals surface area contributed by atoms with Gasteiger partial charge >= 0.3 is 0 Å². The van der Waals surface area contributed by atoms with Gasteiger partial charge in [-0.15, -0.1) is 0 Å². The highest BCUT2D eigenvalue weighted by Crippen LogP contribution is 2.46. The highest BCUT2D eigenvalue weighted by molar-refractivity contribution is 6.07. The van der Waals surface area contributed by atoms with Gasteiger partial charge < -0.3 is 19.6 Å². The van der Waals surface area contributed by atoms with Gasteiger partial charge in [-0.2, -0.15) is 0 Å². The zero-order valence-corrected chi connectivity index (χ0v) is 39.9. The van der Waals surface area contributed by atoms with E-state index in [1.54, 1.807) is 0 Å². The largest absolute Gasteiger partial charge is 0.311 e. The summed E-state index contributed by atoms with van der Waals surface area (Å²) in [6.45, 7) is 4.05. The van der Waals surface area contributed by atoms with Crippen LogP contribution in [-0.2, 0) is 0 Å². The number of hydrogen-bond acceptors (Lipinski definition) is 4. The Morgan fingerprint density at radius 2 is 0.458 bits per heavy atom. The molecule has 344 valence electrons. The van der Waals surface area contributed by atoms with Gasteiger partial charge in [0.25, 0.3) is 0 Å². The lowest BCUT2D eigenvalue weighted by molar-refractivity contribution is 1.26. The molecule has 0 bridgehead atoms. The molecular formula is C68H52N4. The molecule has 11 aromatic rings. The molecule has 0 aliphatic carbocycles. The topological polar surface area (TPSA) is 13.0 Å². The molecule has 0 aromatic heterocycles. The molecule has 0 aliphatic rings. The second kappa shape index (κ2) is 20.9. The van der Waals surface area contributed by atoms with Gasteiger partial charge in [0.2, 0.25) is 0 Å². The quantitative estimate of drug-likeness (QED) is 0.0950. The lowest BCUT2D eigenvalue weighted by Gasteiger charge is -2.31. The van der Waals surface area contributed by atoms with Crippen LogP contribution >= 0.6 is 0 Å². The van der Waals surface area contributed by atoms with E-state index in [2.05, 4.69) is 317 Å². The summed E-state index contributed by atoms with van der Waals surface area (Å²) < 4.78 is 0. The Morgan fingerprint density at radius 1 is 0.208 bits per heavy atom. The van der Waals surface area contributed by atoms with E-state index in [4.69, 9.17) is 0 Å². The van der Waals surface area contributed by atoms with Gasteiger partial charge in [-0.05, 0) is 150 Å². The maximum Gasteiger partial charge on any atom is 0.0540 e. The average Bonchev–Trinajstić information content (AvgIpc) is 3.46. The van der Waals surface area contributed by atoms with Crippen LogP contribution in [-0.4, -0.2) is 0 Å². The van der Waals surface area contributed by atoms with Crippen LogP contribution in [0.15, 0.2) is 292 Å². The smallest absolute Gasteiger partial charge is 0.0540 e. The van der Waals surface area contributed by atoms with Gasteiger partial charge in [-0.1, -0.05) is 176 Å². The predicted molar refractivity (Wildman–Crippen MR) is 308 cm³/mol. The minimum atomic E-state index is 1.04. The van der Waals surface area contributed by atoms with E-state index in [1.807, 2.05) is 12.1 Å². The molecule has 0 saturated carbocycles. The van der Waals surface area contributed by atoms with Crippen LogP contribution < -0.4 is 19.6 Å². The Morgan fingerprint density at radius 3 is 0.778 bits per heavy atom. The molecule has 72 heavy (non-hydrogen) atoms. The molecule has 0 unspecified atom stereocenters. The Bertz CT molecular complexity index is 3470. The number of nitrogens with zero attached hydrogens (tertiary/aromatic N) is 4. The van der Waals surface area contributed by atoms with Gasteiger partial charge in [0.15, 0.2) is 0 Å². The number of rotatable bonds is 15. The van der Waals surface area contributed by atoms with Crippen LogP contribution in [0.1, 0.15) is 16.7 Å². The normalized spacial score (nSPS) is 11.1. The van der Waals surface area contributed by atoms with E-state index < -0.39 is 0 Å². The Balaban J connectivity index is 1.03. The predicted octanol–water partition coefficient (Wildman–Crippen LogP) is 19.5. The fourth-order valence-electron chi connectivity index (χ4n) is 9.48. The molecule has 4 heteroatoms. The maximum absolute atomic E-state index is 4.05. The second-order valence-electron chi connectivity index (χ2n) is 17.5.